The van der Waals surface area contributed by atoms with Gasteiger partial charge in [0.2, 0.25) is 0 Å². The molecule has 3 aromatic rings. The van der Waals surface area contributed by atoms with Gasteiger partial charge in [0, 0.05) is 23.3 Å². The van der Waals surface area contributed by atoms with Gasteiger partial charge in [-0.1, -0.05) is 12.1 Å². The highest BCUT2D eigenvalue weighted by atomic mass is 16.5. The summed E-state index contributed by atoms with van der Waals surface area (Å²) in [5.41, 5.74) is 3.05. The van der Waals surface area contributed by atoms with E-state index in [-0.39, 0.29) is 5.97 Å². The summed E-state index contributed by atoms with van der Waals surface area (Å²) in [6.07, 6.45) is 4.97. The lowest BCUT2D eigenvalue weighted by Gasteiger charge is -2.08. The number of nitrogens with zero attached hydrogens (tertiary/aromatic N) is 2. The van der Waals surface area contributed by atoms with Crippen molar-refractivity contribution in [3.63, 3.8) is 0 Å². The van der Waals surface area contributed by atoms with Gasteiger partial charge in [-0.15, -0.1) is 0 Å². The SMILES string of the molecule is COC(=O)c1ccncc1-c1cccc2[nH]ncc12. The quantitative estimate of drug-likeness (QED) is 0.712. The Morgan fingerprint density at radius 3 is 2.95 bits per heavy atom. The van der Waals surface area contributed by atoms with Crippen LogP contribution in [-0.4, -0.2) is 28.3 Å². The summed E-state index contributed by atoms with van der Waals surface area (Å²) < 4.78 is 4.80. The fraction of sp³-hybridized carbons (Fsp3) is 0.0714. The second kappa shape index (κ2) is 4.53. The molecule has 3 rings (SSSR count). The number of fused-ring (bicyclic) bond motifs is 1. The highest BCUT2D eigenvalue weighted by Crippen LogP contribution is 2.29. The molecule has 1 N–H and O–H groups in total. The number of carbonyl (C=O) groups is 1. The number of ether oxygens (including phenoxy) is 1. The number of hydrogen-bond acceptors (Lipinski definition) is 4. The maximum Gasteiger partial charge on any atom is 0.338 e. The summed E-state index contributed by atoms with van der Waals surface area (Å²) in [4.78, 5) is 15.9. The van der Waals surface area contributed by atoms with Crippen LogP contribution in [0.3, 0.4) is 0 Å². The molecule has 0 aliphatic rings. The normalized spacial score (nSPS) is 10.6. The number of hydrogen-bond donors (Lipinski definition) is 1. The molecule has 1 aromatic carbocycles. The van der Waals surface area contributed by atoms with E-state index in [4.69, 9.17) is 4.74 Å². The zero-order valence-corrected chi connectivity index (χ0v) is 10.3. The van der Waals surface area contributed by atoms with Gasteiger partial charge in [0.05, 0.1) is 24.4 Å². The average Bonchev–Trinajstić information content (AvgIpc) is 2.94. The molecule has 0 amide bonds. The van der Waals surface area contributed by atoms with Gasteiger partial charge in [-0.05, 0) is 17.7 Å². The lowest BCUT2D eigenvalue weighted by Crippen LogP contribution is -2.03. The minimum absolute atomic E-state index is 0.377. The lowest BCUT2D eigenvalue weighted by molar-refractivity contribution is 0.0601. The maximum atomic E-state index is 11.8. The van der Waals surface area contributed by atoms with Gasteiger partial charge < -0.3 is 4.74 Å². The van der Waals surface area contributed by atoms with Crippen LogP contribution in [0.25, 0.3) is 22.0 Å². The lowest BCUT2D eigenvalue weighted by atomic mass is 9.99. The number of pyridine rings is 1. The van der Waals surface area contributed by atoms with E-state index in [9.17, 15) is 4.79 Å². The Morgan fingerprint density at radius 1 is 1.21 bits per heavy atom. The van der Waals surface area contributed by atoms with Crippen molar-refractivity contribution in [2.75, 3.05) is 7.11 Å². The number of aromatic nitrogens is 3. The summed E-state index contributed by atoms with van der Waals surface area (Å²) >= 11 is 0. The molecule has 5 nitrogen and oxygen atoms in total. The fourth-order valence-electron chi connectivity index (χ4n) is 2.10. The van der Waals surface area contributed by atoms with Gasteiger partial charge in [0.15, 0.2) is 0 Å². The third-order valence-electron chi connectivity index (χ3n) is 3.00. The molecule has 0 aliphatic carbocycles. The molecule has 0 saturated heterocycles. The van der Waals surface area contributed by atoms with E-state index < -0.39 is 0 Å². The standard InChI is InChI=1S/C14H11N3O2/c1-19-14(18)10-5-6-15-7-11(10)9-3-2-4-13-12(9)8-16-17-13/h2-8H,1H3,(H,16,17). The summed E-state index contributed by atoms with van der Waals surface area (Å²) in [6, 6.07) is 7.42. The number of benzene rings is 1. The van der Waals surface area contributed by atoms with Gasteiger partial charge in [0.25, 0.3) is 0 Å². The molecule has 0 saturated carbocycles. The van der Waals surface area contributed by atoms with E-state index in [1.807, 2.05) is 18.2 Å². The van der Waals surface area contributed by atoms with Gasteiger partial charge in [-0.25, -0.2) is 4.79 Å². The molecule has 2 aromatic heterocycles. The van der Waals surface area contributed by atoms with E-state index in [0.717, 1.165) is 22.0 Å². The van der Waals surface area contributed by atoms with Crippen LogP contribution in [0.1, 0.15) is 10.4 Å². The number of nitrogens with one attached hydrogen (secondary N) is 1. The predicted molar refractivity (Wildman–Crippen MR) is 70.7 cm³/mol. The van der Waals surface area contributed by atoms with Crippen LogP contribution in [-0.2, 0) is 4.74 Å². The number of carbonyl (C=O) groups excluding carboxylic acids is 1. The van der Waals surface area contributed by atoms with Crippen LogP contribution >= 0.6 is 0 Å². The first kappa shape index (κ1) is 11.4. The Morgan fingerprint density at radius 2 is 2.11 bits per heavy atom. The van der Waals surface area contributed by atoms with Gasteiger partial charge in [0.1, 0.15) is 0 Å². The molecule has 0 spiro atoms. The maximum absolute atomic E-state index is 11.8. The summed E-state index contributed by atoms with van der Waals surface area (Å²) in [6.45, 7) is 0. The Kier molecular flexibility index (Phi) is 2.72. The van der Waals surface area contributed by atoms with Crippen molar-refractivity contribution in [3.8, 4) is 11.1 Å². The largest absolute Gasteiger partial charge is 0.465 e. The smallest absolute Gasteiger partial charge is 0.338 e. The Hall–Kier alpha value is -2.69. The molecule has 19 heavy (non-hydrogen) atoms. The topological polar surface area (TPSA) is 67.9 Å². The molecule has 94 valence electrons. The highest BCUT2D eigenvalue weighted by molar-refractivity contribution is 6.02. The van der Waals surface area contributed by atoms with Gasteiger partial charge in [-0.3, -0.25) is 10.1 Å². The third kappa shape index (κ3) is 1.85. The van der Waals surface area contributed by atoms with Gasteiger partial charge in [-0.2, -0.15) is 5.10 Å². The minimum Gasteiger partial charge on any atom is -0.465 e. The van der Waals surface area contributed by atoms with Gasteiger partial charge >= 0.3 is 5.97 Å². The molecule has 0 aliphatic heterocycles. The summed E-state index contributed by atoms with van der Waals surface area (Å²) in [5, 5.41) is 7.87. The molecule has 0 fully saturated rings. The molecule has 0 unspecified atom stereocenters. The molecule has 5 heteroatoms. The molecular weight excluding hydrogens is 242 g/mol. The third-order valence-corrected chi connectivity index (χ3v) is 3.00. The zero-order valence-electron chi connectivity index (χ0n) is 10.3. The van der Waals surface area contributed by atoms with Crippen LogP contribution in [0.2, 0.25) is 0 Å². The molecule has 2 heterocycles. The van der Waals surface area contributed by atoms with Crippen molar-refractivity contribution >= 4 is 16.9 Å². The Bertz CT molecular complexity index is 749. The minimum atomic E-state index is -0.377. The van der Waals surface area contributed by atoms with Crippen molar-refractivity contribution in [1.82, 2.24) is 15.2 Å². The van der Waals surface area contributed by atoms with Crippen molar-refractivity contribution in [3.05, 3.63) is 48.4 Å². The van der Waals surface area contributed by atoms with E-state index >= 15 is 0 Å². The van der Waals surface area contributed by atoms with Crippen LogP contribution < -0.4 is 0 Å². The summed E-state index contributed by atoms with van der Waals surface area (Å²) in [7, 11) is 1.37. The molecule has 0 atom stereocenters. The van der Waals surface area contributed by atoms with Crippen LogP contribution in [0, 0.1) is 0 Å². The first-order valence-corrected chi connectivity index (χ1v) is 5.76. The van der Waals surface area contributed by atoms with Crippen LogP contribution in [0.15, 0.2) is 42.9 Å². The first-order chi connectivity index (χ1) is 9.31. The first-order valence-electron chi connectivity index (χ1n) is 5.76. The highest BCUT2D eigenvalue weighted by Gasteiger charge is 2.15. The van der Waals surface area contributed by atoms with E-state index in [0.29, 0.717) is 5.56 Å². The van der Waals surface area contributed by atoms with Crippen molar-refractivity contribution in [2.45, 2.75) is 0 Å². The molecule has 0 radical (unpaired) electrons. The number of H-pyrrole nitrogens is 1. The molecular formula is C14H11N3O2. The average molecular weight is 253 g/mol. The fourth-order valence-corrected chi connectivity index (χ4v) is 2.10. The Labute approximate surface area is 109 Å². The predicted octanol–water partition coefficient (Wildman–Crippen LogP) is 2.41. The van der Waals surface area contributed by atoms with Crippen LogP contribution in [0.5, 0.6) is 0 Å². The Balaban J connectivity index is 2.27. The van der Waals surface area contributed by atoms with E-state index in [1.165, 1.54) is 7.11 Å². The number of esters is 1. The number of aromatic amines is 1. The zero-order chi connectivity index (χ0) is 13.2. The second-order valence-corrected chi connectivity index (χ2v) is 4.05. The molecule has 0 bridgehead atoms. The van der Waals surface area contributed by atoms with E-state index in [2.05, 4.69) is 15.2 Å². The summed E-state index contributed by atoms with van der Waals surface area (Å²) in [5.74, 6) is -0.377. The number of methoxy groups -OCH3 is 1. The number of rotatable bonds is 2. The van der Waals surface area contributed by atoms with Crippen LogP contribution in [0.4, 0.5) is 0 Å². The van der Waals surface area contributed by atoms with E-state index in [1.54, 1.807) is 24.7 Å². The second-order valence-electron chi connectivity index (χ2n) is 4.05. The van der Waals surface area contributed by atoms with Crippen molar-refractivity contribution in [2.24, 2.45) is 0 Å². The van der Waals surface area contributed by atoms with Crippen molar-refractivity contribution < 1.29 is 9.53 Å². The monoisotopic (exact) mass is 253 g/mol. The van der Waals surface area contributed by atoms with Crippen molar-refractivity contribution in [1.29, 1.82) is 0 Å².